The number of phenolic OH excluding ortho intramolecular Hbond substituents is 2. The fraction of sp³-hybridized carbons (Fsp3) is 0.364. The van der Waals surface area contributed by atoms with Gasteiger partial charge in [-0.2, -0.15) is 0 Å². The molecule has 0 heterocycles. The number of aromatic hydroxyl groups is 2. The third-order valence-electron chi connectivity index (χ3n) is 7.30. The fourth-order valence-electron chi connectivity index (χ4n) is 4.30. The molecule has 0 aliphatic rings. The molecule has 0 saturated heterocycles. The monoisotopic (exact) mass is 1080 g/mol. The Bertz CT molecular complexity index is 1640. The summed E-state index contributed by atoms with van der Waals surface area (Å²) in [4.78, 5) is 16.7. The minimum Gasteiger partial charge on any atom is -0.872 e. The second-order valence-corrected chi connectivity index (χ2v) is 14.0. The van der Waals surface area contributed by atoms with E-state index in [0.717, 1.165) is 76.6 Å². The van der Waals surface area contributed by atoms with Gasteiger partial charge in [-0.1, -0.05) is 100 Å². The molecule has 0 aromatic heterocycles. The minimum atomic E-state index is -4.94. The van der Waals surface area contributed by atoms with Gasteiger partial charge >= 0.3 is 33.0 Å². The van der Waals surface area contributed by atoms with Gasteiger partial charge in [0.05, 0.1) is 26.2 Å². The molecule has 24 heteroatoms. The molecule has 4 aromatic carbocycles. The SMILES string of the molecule is CCNCCN=Cc1ccccc1O.CCNCCN=Cc1ccccc1O.CCNCCN=Cc1ccccc1[O-].CCNCCN=Cc1ccccc1[O-].[Ni+2].[Ni+2].[O-][Cl+3]([O-])([O-])[O-].[O-][Cl+3]([O-])([O-])[O-]. The summed E-state index contributed by atoms with van der Waals surface area (Å²) < 4.78 is 67.9. The van der Waals surface area contributed by atoms with Crippen LogP contribution in [0.15, 0.2) is 117 Å². The molecule has 0 aliphatic carbocycles. The smallest absolute Gasteiger partial charge is 0.872 e. The molecule has 0 spiro atoms. The van der Waals surface area contributed by atoms with Crippen molar-refractivity contribution in [1.82, 2.24) is 21.3 Å². The van der Waals surface area contributed by atoms with Crippen LogP contribution in [0, 0.1) is 20.5 Å². The van der Waals surface area contributed by atoms with Crippen molar-refractivity contribution >= 4 is 24.9 Å². The average molecular weight is 1080 g/mol. The van der Waals surface area contributed by atoms with E-state index in [1.54, 1.807) is 85.5 Å². The summed E-state index contributed by atoms with van der Waals surface area (Å²) in [6.45, 7) is 18.4. The van der Waals surface area contributed by atoms with Crippen LogP contribution in [-0.4, -0.2) is 114 Å². The number of para-hydroxylation sites is 4. The predicted molar refractivity (Wildman–Crippen MR) is 232 cm³/mol. The Morgan fingerprint density at radius 3 is 0.824 bits per heavy atom. The maximum atomic E-state index is 11.2. The van der Waals surface area contributed by atoms with E-state index in [0.29, 0.717) is 24.2 Å². The Hall–Kier alpha value is -4.15. The maximum Gasteiger partial charge on any atom is 2.00 e. The van der Waals surface area contributed by atoms with Gasteiger partial charge in [-0.15, -0.1) is 32.0 Å². The van der Waals surface area contributed by atoms with E-state index in [2.05, 4.69) is 68.9 Å². The van der Waals surface area contributed by atoms with Crippen LogP contribution in [0.4, 0.5) is 0 Å². The zero-order chi connectivity index (χ0) is 49.9. The van der Waals surface area contributed by atoms with Crippen LogP contribution in [0.3, 0.4) is 0 Å². The Morgan fingerprint density at radius 1 is 0.397 bits per heavy atom. The molecule has 4 rings (SSSR count). The maximum absolute atomic E-state index is 11.2. The number of hydrogen-bond donors (Lipinski definition) is 6. The Morgan fingerprint density at radius 2 is 0.603 bits per heavy atom. The van der Waals surface area contributed by atoms with Crippen LogP contribution in [0.1, 0.15) is 49.9 Å². The zero-order valence-corrected chi connectivity index (χ0v) is 41.7. The number of rotatable bonds is 20. The first-order valence-corrected chi connectivity index (χ1v) is 23.0. The number of hydrogen-bond acceptors (Lipinski definition) is 20. The van der Waals surface area contributed by atoms with Gasteiger partial charge in [-0.25, -0.2) is 37.3 Å². The topological polar surface area (TPSA) is 369 Å². The van der Waals surface area contributed by atoms with Gasteiger partial charge in [0.2, 0.25) is 0 Å². The first-order valence-electron chi connectivity index (χ1n) is 20.5. The van der Waals surface area contributed by atoms with Gasteiger partial charge in [0.25, 0.3) is 0 Å². The van der Waals surface area contributed by atoms with E-state index in [4.69, 9.17) is 37.3 Å². The normalized spacial score (nSPS) is 10.8. The molecule has 0 fully saturated rings. The second-order valence-electron chi connectivity index (χ2n) is 12.5. The van der Waals surface area contributed by atoms with E-state index in [1.165, 1.54) is 0 Å². The van der Waals surface area contributed by atoms with Crippen molar-refractivity contribution in [2.75, 3.05) is 78.5 Å². The van der Waals surface area contributed by atoms with Crippen LogP contribution >= 0.6 is 0 Å². The van der Waals surface area contributed by atoms with E-state index < -0.39 is 20.5 Å². The third kappa shape index (κ3) is 49.7. The minimum absolute atomic E-state index is 0. The van der Waals surface area contributed by atoms with Crippen LogP contribution < -0.4 is 68.8 Å². The van der Waals surface area contributed by atoms with Crippen molar-refractivity contribution in [3.05, 3.63) is 119 Å². The summed E-state index contributed by atoms with van der Waals surface area (Å²) in [6, 6.07) is 28.1. The summed E-state index contributed by atoms with van der Waals surface area (Å²) in [7, 11) is -9.89. The van der Waals surface area contributed by atoms with Crippen LogP contribution in [0.5, 0.6) is 23.0 Å². The van der Waals surface area contributed by atoms with Gasteiger partial charge in [0, 0.05) is 62.2 Å². The first kappa shape index (κ1) is 70.4. The molecule has 4 aromatic rings. The van der Waals surface area contributed by atoms with Gasteiger partial charge in [0.15, 0.2) is 0 Å². The Labute approximate surface area is 423 Å². The van der Waals surface area contributed by atoms with Crippen molar-refractivity contribution in [3.8, 4) is 23.0 Å². The summed E-state index contributed by atoms with van der Waals surface area (Å²) in [5.41, 5.74) is 2.85. The van der Waals surface area contributed by atoms with Gasteiger partial charge in [-0.05, 0) is 61.6 Å². The molecule has 0 amide bonds. The van der Waals surface area contributed by atoms with Crippen molar-refractivity contribution in [1.29, 1.82) is 0 Å². The zero-order valence-electron chi connectivity index (χ0n) is 38.2. The van der Waals surface area contributed by atoms with Gasteiger partial charge < -0.3 is 41.7 Å². The first-order chi connectivity index (χ1) is 31.4. The Balaban J connectivity index is -0.000000372. The van der Waals surface area contributed by atoms with E-state index in [9.17, 15) is 20.4 Å². The quantitative estimate of drug-likeness (QED) is 0.0274. The molecule has 384 valence electrons. The fourth-order valence-corrected chi connectivity index (χ4v) is 4.30. The molecule has 0 atom stereocenters. The second kappa shape index (κ2) is 46.6. The number of nitrogens with one attached hydrogen (secondary N) is 4. The van der Waals surface area contributed by atoms with Gasteiger partial charge in [0.1, 0.15) is 11.5 Å². The third-order valence-corrected chi connectivity index (χ3v) is 7.30. The van der Waals surface area contributed by atoms with E-state index >= 15 is 0 Å². The average Bonchev–Trinajstić information content (AvgIpc) is 3.25. The van der Waals surface area contributed by atoms with Crippen molar-refractivity contribution < 1.29 is 111 Å². The van der Waals surface area contributed by atoms with Gasteiger partial charge in [-0.3, -0.25) is 20.0 Å². The summed E-state index contributed by atoms with van der Waals surface area (Å²) in [5, 5.41) is 53.9. The van der Waals surface area contributed by atoms with Crippen LogP contribution in [0.2, 0.25) is 0 Å². The number of benzene rings is 4. The molecule has 6 N–H and O–H groups in total. The summed E-state index contributed by atoms with van der Waals surface area (Å²) >= 11 is 0. The molecule has 68 heavy (non-hydrogen) atoms. The molecule has 0 radical (unpaired) electrons. The van der Waals surface area contributed by atoms with E-state index in [1.807, 2.05) is 36.4 Å². The molecule has 0 unspecified atom stereocenters. The van der Waals surface area contributed by atoms with Crippen molar-refractivity contribution in [2.45, 2.75) is 27.7 Å². The van der Waals surface area contributed by atoms with Crippen molar-refractivity contribution in [3.63, 3.8) is 0 Å². The number of aliphatic imine (C=N–C) groups is 4. The number of phenols is 2. The molecule has 20 nitrogen and oxygen atoms in total. The Kier molecular flexibility index (Phi) is 48.2. The molecule has 0 aliphatic heterocycles. The standard InChI is InChI=1S/4C11H16N2O.2ClHO4.2Ni/c4*1-2-12-7-8-13-9-10-5-3-4-6-11(10)14;2*2-1(3,4)5;;/h4*3-6,9,12,14H,2,7-8H2,1H3;2*(H,2,3,4,5);;/q;;;;;;2*+2/p-4. The molecule has 0 bridgehead atoms. The summed E-state index contributed by atoms with van der Waals surface area (Å²) in [5.74, 6) is 0.610. The molecule has 0 saturated carbocycles. The van der Waals surface area contributed by atoms with Crippen LogP contribution in [0.25, 0.3) is 0 Å². The molecular weight excluding hydrogens is 1020 g/mol. The summed E-state index contributed by atoms with van der Waals surface area (Å²) in [6.07, 6.45) is 6.68. The van der Waals surface area contributed by atoms with Crippen LogP contribution in [-0.2, 0) is 33.0 Å². The largest absolute Gasteiger partial charge is 2.00 e. The van der Waals surface area contributed by atoms with E-state index in [-0.39, 0.29) is 56.0 Å². The number of halogens is 2. The molecular formula is C44H62Cl2N8Ni2O12. The number of nitrogens with zero attached hydrogens (tertiary/aromatic N) is 4. The van der Waals surface area contributed by atoms with Crippen molar-refractivity contribution in [2.24, 2.45) is 20.0 Å². The number of likely N-dealkylation sites (N-methyl/N-ethyl adjacent to an activating group) is 4. The predicted octanol–water partition coefficient (Wildman–Crippen LogP) is -5.10.